The molecule has 0 unspecified atom stereocenters. The molecule has 0 saturated carbocycles. The monoisotopic (exact) mass is 264 g/mol. The Kier molecular flexibility index (Phi) is 2.46. The molecule has 0 aliphatic rings. The number of rotatable bonds is 1. The number of hydrogen-bond acceptors (Lipinski definition) is 3. The molecule has 0 aliphatic carbocycles. The molecule has 3 aromatic heterocycles. The molecule has 3 heterocycles. The van der Waals surface area contributed by atoms with Gasteiger partial charge in [0.1, 0.15) is 0 Å². The summed E-state index contributed by atoms with van der Waals surface area (Å²) in [5, 5.41) is 4.79. The van der Waals surface area contributed by atoms with Crippen LogP contribution in [0.2, 0.25) is 10.2 Å². The fraction of sp³-hybridized carbons (Fsp3) is 0. The highest BCUT2D eigenvalue weighted by molar-refractivity contribution is 6.41. The molecule has 0 fully saturated rings. The molecule has 0 atom stereocenters. The molecule has 17 heavy (non-hydrogen) atoms. The number of pyridine rings is 1. The van der Waals surface area contributed by atoms with Gasteiger partial charge in [-0.3, -0.25) is 0 Å². The van der Waals surface area contributed by atoms with Gasteiger partial charge < -0.3 is 0 Å². The van der Waals surface area contributed by atoms with Gasteiger partial charge in [-0.25, -0.2) is 14.5 Å². The Labute approximate surface area is 107 Å². The van der Waals surface area contributed by atoms with Crippen LogP contribution in [-0.2, 0) is 0 Å². The molecule has 84 valence electrons. The van der Waals surface area contributed by atoms with Crippen molar-refractivity contribution in [1.29, 1.82) is 0 Å². The predicted octanol–water partition coefficient (Wildman–Crippen LogP) is 3.10. The smallest absolute Gasteiger partial charge is 0.164 e. The molecule has 6 heteroatoms. The van der Waals surface area contributed by atoms with Crippen molar-refractivity contribution in [2.45, 2.75) is 0 Å². The first-order valence-electron chi connectivity index (χ1n) is 4.86. The average Bonchev–Trinajstić information content (AvgIpc) is 2.76. The second-order valence-corrected chi connectivity index (χ2v) is 4.19. The van der Waals surface area contributed by atoms with Crippen molar-refractivity contribution < 1.29 is 0 Å². The van der Waals surface area contributed by atoms with Gasteiger partial charge in [-0.15, -0.1) is 0 Å². The highest BCUT2D eigenvalue weighted by Crippen LogP contribution is 2.25. The van der Waals surface area contributed by atoms with Crippen LogP contribution >= 0.6 is 23.2 Å². The van der Waals surface area contributed by atoms with Crippen LogP contribution in [0.5, 0.6) is 0 Å². The van der Waals surface area contributed by atoms with Crippen LogP contribution in [0, 0.1) is 0 Å². The first kappa shape index (κ1) is 10.5. The normalized spacial score (nSPS) is 10.9. The second kappa shape index (κ2) is 3.98. The van der Waals surface area contributed by atoms with Crippen LogP contribution in [0.25, 0.3) is 16.9 Å². The highest BCUT2D eigenvalue weighted by Gasteiger charge is 2.10. The lowest BCUT2D eigenvalue weighted by Gasteiger charge is -1.99. The van der Waals surface area contributed by atoms with E-state index in [9.17, 15) is 0 Å². The van der Waals surface area contributed by atoms with E-state index in [-0.39, 0.29) is 5.15 Å². The van der Waals surface area contributed by atoms with Gasteiger partial charge in [0.25, 0.3) is 0 Å². The zero-order chi connectivity index (χ0) is 11.8. The summed E-state index contributed by atoms with van der Waals surface area (Å²) in [6, 6.07) is 5.77. The molecule has 0 radical (unpaired) electrons. The van der Waals surface area contributed by atoms with Crippen molar-refractivity contribution in [3.05, 3.63) is 47.0 Å². The minimum atomic E-state index is 0.243. The number of nitrogens with zero attached hydrogens (tertiary/aromatic N) is 4. The van der Waals surface area contributed by atoms with E-state index in [2.05, 4.69) is 15.1 Å². The quantitative estimate of drug-likeness (QED) is 0.635. The molecule has 3 aromatic rings. The van der Waals surface area contributed by atoms with E-state index in [1.807, 2.05) is 24.4 Å². The highest BCUT2D eigenvalue weighted by atomic mass is 35.5. The fourth-order valence-electron chi connectivity index (χ4n) is 1.58. The maximum Gasteiger partial charge on any atom is 0.164 e. The molecular weight excluding hydrogens is 259 g/mol. The van der Waals surface area contributed by atoms with Crippen LogP contribution in [0.15, 0.2) is 36.8 Å². The zero-order valence-corrected chi connectivity index (χ0v) is 10.0. The summed E-state index contributed by atoms with van der Waals surface area (Å²) >= 11 is 11.7. The maximum atomic E-state index is 5.87. The SMILES string of the molecule is Clc1cnc(-c2cnn3ccccc23)nc1Cl. The molecule has 4 nitrogen and oxygen atoms in total. The van der Waals surface area contributed by atoms with E-state index in [0.717, 1.165) is 11.1 Å². The van der Waals surface area contributed by atoms with E-state index in [1.54, 1.807) is 10.7 Å². The van der Waals surface area contributed by atoms with Crippen molar-refractivity contribution in [2.75, 3.05) is 0 Å². The molecule has 0 bridgehead atoms. The van der Waals surface area contributed by atoms with Crippen LogP contribution < -0.4 is 0 Å². The Morgan fingerprint density at radius 1 is 1.12 bits per heavy atom. The van der Waals surface area contributed by atoms with Crippen LogP contribution in [0.1, 0.15) is 0 Å². The first-order valence-corrected chi connectivity index (χ1v) is 5.62. The van der Waals surface area contributed by atoms with Crippen LogP contribution in [0.4, 0.5) is 0 Å². The summed E-state index contributed by atoms with van der Waals surface area (Å²) in [5.74, 6) is 0.514. The van der Waals surface area contributed by atoms with Crippen molar-refractivity contribution in [1.82, 2.24) is 19.6 Å². The molecular formula is C11H6Cl2N4. The minimum Gasteiger partial charge on any atom is -0.240 e. The largest absolute Gasteiger partial charge is 0.240 e. The van der Waals surface area contributed by atoms with E-state index >= 15 is 0 Å². The Hall–Kier alpha value is -1.65. The lowest BCUT2D eigenvalue weighted by Crippen LogP contribution is -1.89. The van der Waals surface area contributed by atoms with Crippen molar-refractivity contribution in [3.63, 3.8) is 0 Å². The number of halogens is 2. The van der Waals surface area contributed by atoms with Gasteiger partial charge in [0, 0.05) is 6.20 Å². The van der Waals surface area contributed by atoms with Crippen LogP contribution in [0.3, 0.4) is 0 Å². The Balaban J connectivity index is 2.24. The molecule has 0 aromatic carbocycles. The Morgan fingerprint density at radius 2 is 2.00 bits per heavy atom. The molecule has 0 amide bonds. The van der Waals surface area contributed by atoms with Crippen LogP contribution in [-0.4, -0.2) is 19.6 Å². The number of hydrogen-bond donors (Lipinski definition) is 0. The van der Waals surface area contributed by atoms with Gasteiger partial charge in [0.15, 0.2) is 11.0 Å². The third kappa shape index (κ3) is 1.75. The zero-order valence-electron chi connectivity index (χ0n) is 8.51. The standard InChI is InChI=1S/C11H6Cl2N4/c12-8-6-14-11(16-10(8)13)7-5-15-17-4-2-1-3-9(7)17/h1-6H. The predicted molar refractivity (Wildman–Crippen MR) is 66.2 cm³/mol. The maximum absolute atomic E-state index is 5.87. The first-order chi connectivity index (χ1) is 8.25. The average molecular weight is 265 g/mol. The molecule has 0 saturated heterocycles. The number of fused-ring (bicyclic) bond motifs is 1. The van der Waals surface area contributed by atoms with E-state index < -0.39 is 0 Å². The third-order valence-electron chi connectivity index (χ3n) is 2.37. The summed E-state index contributed by atoms with van der Waals surface area (Å²) < 4.78 is 1.75. The lowest BCUT2D eigenvalue weighted by molar-refractivity contribution is 0.961. The minimum absolute atomic E-state index is 0.243. The van der Waals surface area contributed by atoms with Crippen molar-refractivity contribution >= 4 is 28.7 Å². The molecule has 0 aliphatic heterocycles. The lowest BCUT2D eigenvalue weighted by atomic mass is 10.2. The summed E-state index contributed by atoms with van der Waals surface area (Å²) in [6.45, 7) is 0. The number of aromatic nitrogens is 4. The van der Waals surface area contributed by atoms with Gasteiger partial charge in [0.2, 0.25) is 0 Å². The van der Waals surface area contributed by atoms with Gasteiger partial charge in [-0.2, -0.15) is 5.10 Å². The van der Waals surface area contributed by atoms with Gasteiger partial charge in [-0.05, 0) is 12.1 Å². The van der Waals surface area contributed by atoms with Gasteiger partial charge in [0.05, 0.1) is 28.5 Å². The summed E-state index contributed by atoms with van der Waals surface area (Å²) in [4.78, 5) is 8.29. The van der Waals surface area contributed by atoms with Crippen molar-refractivity contribution in [2.24, 2.45) is 0 Å². The van der Waals surface area contributed by atoms with E-state index in [4.69, 9.17) is 23.2 Å². The van der Waals surface area contributed by atoms with E-state index in [0.29, 0.717) is 10.8 Å². The molecule has 0 N–H and O–H groups in total. The second-order valence-electron chi connectivity index (χ2n) is 3.42. The Morgan fingerprint density at radius 3 is 2.82 bits per heavy atom. The summed E-state index contributed by atoms with van der Waals surface area (Å²) in [6.07, 6.45) is 5.05. The fourth-order valence-corrected chi connectivity index (χ4v) is 1.80. The van der Waals surface area contributed by atoms with Gasteiger partial charge >= 0.3 is 0 Å². The topological polar surface area (TPSA) is 43.1 Å². The summed E-state index contributed by atoms with van der Waals surface area (Å²) in [7, 11) is 0. The third-order valence-corrected chi connectivity index (χ3v) is 3.03. The summed E-state index contributed by atoms with van der Waals surface area (Å²) in [5.41, 5.74) is 1.75. The van der Waals surface area contributed by atoms with Gasteiger partial charge in [-0.1, -0.05) is 29.3 Å². The Bertz CT molecular complexity index is 693. The van der Waals surface area contributed by atoms with Crippen molar-refractivity contribution in [3.8, 4) is 11.4 Å². The van der Waals surface area contributed by atoms with E-state index in [1.165, 1.54) is 6.20 Å². The molecule has 0 spiro atoms. The molecule has 3 rings (SSSR count).